The molecule has 2 heterocycles. The molecule has 4 heteroatoms. The third-order valence-corrected chi connectivity index (χ3v) is 6.10. The first-order valence-corrected chi connectivity index (χ1v) is 11.0. The number of rotatable bonds is 5. The van der Waals surface area contributed by atoms with Gasteiger partial charge in [0.1, 0.15) is 17.9 Å². The van der Waals surface area contributed by atoms with E-state index in [2.05, 4.69) is 99.6 Å². The zero-order chi connectivity index (χ0) is 22.2. The molecule has 0 radical (unpaired) electrons. The number of aromatic nitrogens is 2. The molecule has 0 atom stereocenters. The van der Waals surface area contributed by atoms with Crippen molar-refractivity contribution in [3.8, 4) is 5.75 Å². The lowest BCUT2D eigenvalue weighted by molar-refractivity contribution is 0.308. The Kier molecular flexibility index (Phi) is 7.00. The zero-order valence-electron chi connectivity index (χ0n) is 19.9. The molecule has 0 amide bonds. The number of fused-ring (bicyclic) bond motifs is 1. The molecule has 0 aliphatic heterocycles. The Labute approximate surface area is 197 Å². The van der Waals surface area contributed by atoms with Crippen molar-refractivity contribution in [2.45, 2.75) is 60.1 Å². The van der Waals surface area contributed by atoms with Crippen LogP contribution in [0.2, 0.25) is 0 Å². The number of aryl methyl sites for hydroxylation is 2. The first-order valence-electron chi connectivity index (χ1n) is 11.0. The number of pyridine rings is 1. The Bertz CT molecular complexity index is 1220. The van der Waals surface area contributed by atoms with Gasteiger partial charge in [0.05, 0.1) is 5.52 Å². The monoisotopic (exact) mass is 448 g/mol. The maximum absolute atomic E-state index is 6.31. The van der Waals surface area contributed by atoms with Gasteiger partial charge in [-0.2, -0.15) is 0 Å². The maximum atomic E-state index is 6.31. The number of hydrogen-bond acceptors (Lipinski definition) is 2. The van der Waals surface area contributed by atoms with Crippen LogP contribution in [0.5, 0.6) is 5.75 Å². The van der Waals surface area contributed by atoms with Gasteiger partial charge < -0.3 is 9.30 Å². The molecule has 0 unspecified atom stereocenters. The SMILES string of the molecule is Cc1cccc(COc2ccnc3c(C)c(C)n(Cc4ccc(C(C)(C)C)cc4)c23)c1.Cl. The molecule has 2 aromatic carbocycles. The molecule has 32 heavy (non-hydrogen) atoms. The van der Waals surface area contributed by atoms with Crippen LogP contribution in [-0.2, 0) is 18.6 Å². The van der Waals surface area contributed by atoms with Gasteiger partial charge in [-0.25, -0.2) is 0 Å². The molecular weight excluding hydrogens is 416 g/mol. The van der Waals surface area contributed by atoms with Crippen molar-refractivity contribution in [2.24, 2.45) is 0 Å². The van der Waals surface area contributed by atoms with E-state index in [9.17, 15) is 0 Å². The third kappa shape index (κ3) is 4.83. The van der Waals surface area contributed by atoms with Crippen LogP contribution in [0.1, 0.15) is 54.3 Å². The van der Waals surface area contributed by atoms with Crippen molar-refractivity contribution >= 4 is 23.4 Å². The second-order valence-electron chi connectivity index (χ2n) is 9.53. The van der Waals surface area contributed by atoms with Gasteiger partial charge in [-0.3, -0.25) is 4.98 Å². The van der Waals surface area contributed by atoms with E-state index in [4.69, 9.17) is 4.74 Å². The van der Waals surface area contributed by atoms with Gasteiger partial charge in [0.15, 0.2) is 0 Å². The fraction of sp³-hybridized carbons (Fsp3) is 0.321. The molecule has 0 N–H and O–H groups in total. The Hall–Kier alpha value is -2.78. The van der Waals surface area contributed by atoms with Gasteiger partial charge in [0.25, 0.3) is 0 Å². The first kappa shape index (κ1) is 23.9. The zero-order valence-corrected chi connectivity index (χ0v) is 20.7. The van der Waals surface area contributed by atoms with E-state index in [0.717, 1.165) is 23.3 Å². The minimum absolute atomic E-state index is 0. The average molecular weight is 449 g/mol. The highest BCUT2D eigenvalue weighted by atomic mass is 35.5. The molecule has 3 nitrogen and oxygen atoms in total. The molecule has 4 aromatic rings. The predicted molar refractivity (Wildman–Crippen MR) is 136 cm³/mol. The second-order valence-corrected chi connectivity index (χ2v) is 9.53. The highest BCUT2D eigenvalue weighted by Crippen LogP contribution is 2.32. The molecule has 0 saturated heterocycles. The van der Waals surface area contributed by atoms with E-state index < -0.39 is 0 Å². The van der Waals surface area contributed by atoms with E-state index in [1.54, 1.807) is 0 Å². The lowest BCUT2D eigenvalue weighted by atomic mass is 9.87. The van der Waals surface area contributed by atoms with Crippen LogP contribution in [0.15, 0.2) is 60.8 Å². The molecule has 0 aliphatic rings. The van der Waals surface area contributed by atoms with E-state index in [0.29, 0.717) is 6.61 Å². The van der Waals surface area contributed by atoms with E-state index >= 15 is 0 Å². The van der Waals surface area contributed by atoms with Crippen LogP contribution < -0.4 is 4.74 Å². The molecule has 0 saturated carbocycles. The smallest absolute Gasteiger partial charge is 0.147 e. The van der Waals surface area contributed by atoms with Gasteiger partial charge in [0.2, 0.25) is 0 Å². The summed E-state index contributed by atoms with van der Waals surface area (Å²) in [7, 11) is 0. The van der Waals surface area contributed by atoms with E-state index in [1.165, 1.54) is 33.5 Å². The largest absolute Gasteiger partial charge is 0.487 e. The van der Waals surface area contributed by atoms with Gasteiger partial charge in [-0.05, 0) is 48.4 Å². The fourth-order valence-electron chi connectivity index (χ4n) is 4.08. The van der Waals surface area contributed by atoms with E-state index in [-0.39, 0.29) is 17.8 Å². The van der Waals surface area contributed by atoms with E-state index in [1.807, 2.05) is 12.3 Å². The number of ether oxygens (including phenoxy) is 1. The number of halogens is 1. The summed E-state index contributed by atoms with van der Waals surface area (Å²) in [5.74, 6) is 0.883. The molecule has 168 valence electrons. The Balaban J connectivity index is 0.00000289. The van der Waals surface area contributed by atoms with Crippen LogP contribution in [0.4, 0.5) is 0 Å². The summed E-state index contributed by atoms with van der Waals surface area (Å²) in [6, 6.07) is 19.4. The van der Waals surface area contributed by atoms with Crippen LogP contribution in [0, 0.1) is 20.8 Å². The Morgan fingerprint density at radius 3 is 2.28 bits per heavy atom. The number of benzene rings is 2. The van der Waals surface area contributed by atoms with Crippen LogP contribution in [-0.4, -0.2) is 9.55 Å². The standard InChI is InChI=1S/C28H32N2O.ClH/c1-19-8-7-9-23(16-19)18-31-25-14-15-29-26-20(2)21(3)30(27(25)26)17-22-10-12-24(13-11-22)28(4,5)6;/h7-16H,17-18H2,1-6H3;1H. The highest BCUT2D eigenvalue weighted by Gasteiger charge is 2.18. The predicted octanol–water partition coefficient (Wildman–Crippen LogP) is 7.31. The van der Waals surface area contributed by atoms with Crippen LogP contribution in [0.3, 0.4) is 0 Å². The van der Waals surface area contributed by atoms with Gasteiger partial charge >= 0.3 is 0 Å². The molecule has 0 aliphatic carbocycles. The molecule has 4 rings (SSSR count). The van der Waals surface area contributed by atoms with Crippen molar-refractivity contribution in [2.75, 3.05) is 0 Å². The summed E-state index contributed by atoms with van der Waals surface area (Å²) in [6.45, 7) is 14.5. The molecule has 0 spiro atoms. The summed E-state index contributed by atoms with van der Waals surface area (Å²) in [5.41, 5.74) is 9.74. The first-order chi connectivity index (χ1) is 14.7. The summed E-state index contributed by atoms with van der Waals surface area (Å²) in [6.07, 6.45) is 1.85. The maximum Gasteiger partial charge on any atom is 0.147 e. The van der Waals surface area contributed by atoms with Gasteiger partial charge in [-0.1, -0.05) is 74.9 Å². The van der Waals surface area contributed by atoms with Crippen molar-refractivity contribution in [1.82, 2.24) is 9.55 Å². The number of nitrogens with zero attached hydrogens (tertiary/aromatic N) is 2. The average Bonchev–Trinajstić information content (AvgIpc) is 2.97. The van der Waals surface area contributed by atoms with Crippen molar-refractivity contribution < 1.29 is 4.74 Å². The van der Waals surface area contributed by atoms with Crippen molar-refractivity contribution in [3.05, 3.63) is 94.3 Å². The fourth-order valence-corrected chi connectivity index (χ4v) is 4.08. The van der Waals surface area contributed by atoms with Crippen LogP contribution in [0.25, 0.3) is 11.0 Å². The Morgan fingerprint density at radius 1 is 0.906 bits per heavy atom. The normalized spacial score (nSPS) is 11.4. The highest BCUT2D eigenvalue weighted by molar-refractivity contribution is 5.86. The minimum Gasteiger partial charge on any atom is -0.487 e. The third-order valence-electron chi connectivity index (χ3n) is 6.10. The van der Waals surface area contributed by atoms with Gasteiger partial charge in [0, 0.05) is 24.5 Å². The molecular formula is C28H33ClN2O. The molecule has 0 fully saturated rings. The lowest BCUT2D eigenvalue weighted by Gasteiger charge is -2.19. The Morgan fingerprint density at radius 2 is 1.62 bits per heavy atom. The summed E-state index contributed by atoms with van der Waals surface area (Å²) >= 11 is 0. The summed E-state index contributed by atoms with van der Waals surface area (Å²) < 4.78 is 8.65. The van der Waals surface area contributed by atoms with Crippen molar-refractivity contribution in [3.63, 3.8) is 0 Å². The van der Waals surface area contributed by atoms with Gasteiger partial charge in [-0.15, -0.1) is 12.4 Å². The summed E-state index contributed by atoms with van der Waals surface area (Å²) in [5, 5.41) is 0. The second kappa shape index (κ2) is 9.38. The topological polar surface area (TPSA) is 27.1 Å². The molecule has 0 bridgehead atoms. The quantitative estimate of drug-likeness (QED) is 0.320. The minimum atomic E-state index is 0. The molecule has 2 aromatic heterocycles. The van der Waals surface area contributed by atoms with Crippen LogP contribution >= 0.6 is 12.4 Å². The van der Waals surface area contributed by atoms with Crippen molar-refractivity contribution in [1.29, 1.82) is 0 Å². The number of hydrogen-bond donors (Lipinski definition) is 0. The lowest BCUT2D eigenvalue weighted by Crippen LogP contribution is -2.11. The summed E-state index contributed by atoms with van der Waals surface area (Å²) in [4.78, 5) is 4.68.